The molecule has 0 atom stereocenters. The highest BCUT2D eigenvalue weighted by atomic mass is 14.3. The van der Waals surface area contributed by atoms with Crippen molar-refractivity contribution in [1.82, 2.24) is 0 Å². The Morgan fingerprint density at radius 2 is 1.31 bits per heavy atom. The first kappa shape index (κ1) is 24.7. The van der Waals surface area contributed by atoms with E-state index in [1.54, 1.807) is 5.57 Å². The monoisotopic (exact) mass is 388 g/mol. The van der Waals surface area contributed by atoms with Crippen LogP contribution in [0.5, 0.6) is 0 Å². The molecular formula is C29H40. The Hall–Kier alpha value is -2.34. The zero-order valence-corrected chi connectivity index (χ0v) is 19.6. The van der Waals surface area contributed by atoms with E-state index in [-0.39, 0.29) is 0 Å². The lowest BCUT2D eigenvalue weighted by molar-refractivity contribution is 0.377. The predicted molar refractivity (Wildman–Crippen MR) is 133 cm³/mol. The summed E-state index contributed by atoms with van der Waals surface area (Å²) >= 11 is 0. The fraction of sp³-hybridized carbons (Fsp3) is 0.379. The summed E-state index contributed by atoms with van der Waals surface area (Å²) < 4.78 is 0. The first-order chi connectivity index (χ1) is 13.8. The SMILES string of the molecule is C\C=C/C=C/C(C)=C/C=C/C=C(C)/C=C/C=C(C)/C=C/C1=C(C)CCCC1(C)C. The van der Waals surface area contributed by atoms with Crippen LogP contribution in [-0.4, -0.2) is 0 Å². The molecule has 0 aromatic heterocycles. The van der Waals surface area contributed by atoms with Gasteiger partial charge in [0.05, 0.1) is 0 Å². The molecule has 0 nitrogen and oxygen atoms in total. The van der Waals surface area contributed by atoms with Crippen molar-refractivity contribution in [2.45, 2.75) is 67.7 Å². The molecule has 156 valence electrons. The van der Waals surface area contributed by atoms with E-state index in [0.29, 0.717) is 5.41 Å². The van der Waals surface area contributed by atoms with Crippen LogP contribution in [0.1, 0.15) is 67.7 Å². The molecule has 0 aliphatic heterocycles. The van der Waals surface area contributed by atoms with Crippen molar-refractivity contribution in [1.29, 1.82) is 0 Å². The van der Waals surface area contributed by atoms with Crippen molar-refractivity contribution < 1.29 is 0 Å². The number of hydrogen-bond donors (Lipinski definition) is 0. The molecule has 0 saturated carbocycles. The highest BCUT2D eigenvalue weighted by Crippen LogP contribution is 2.40. The lowest BCUT2D eigenvalue weighted by atomic mass is 9.72. The first-order valence-corrected chi connectivity index (χ1v) is 10.8. The van der Waals surface area contributed by atoms with Gasteiger partial charge in [-0.05, 0) is 64.9 Å². The lowest BCUT2D eigenvalue weighted by Gasteiger charge is -2.32. The lowest BCUT2D eigenvalue weighted by Crippen LogP contribution is -2.19. The molecular weight excluding hydrogens is 348 g/mol. The van der Waals surface area contributed by atoms with Gasteiger partial charge in [-0.25, -0.2) is 0 Å². The van der Waals surface area contributed by atoms with Gasteiger partial charge < -0.3 is 0 Å². The quantitative estimate of drug-likeness (QED) is 0.363. The molecule has 0 spiro atoms. The normalized spacial score (nSPS) is 19.9. The second kappa shape index (κ2) is 13.0. The van der Waals surface area contributed by atoms with Crippen molar-refractivity contribution in [3.8, 4) is 0 Å². The molecule has 0 bridgehead atoms. The molecule has 0 unspecified atom stereocenters. The third-order valence-electron chi connectivity index (χ3n) is 5.27. The number of allylic oxidation sites excluding steroid dienone is 18. The van der Waals surface area contributed by atoms with Gasteiger partial charge in [0.2, 0.25) is 0 Å². The molecule has 1 aliphatic rings. The molecule has 29 heavy (non-hydrogen) atoms. The molecule has 0 radical (unpaired) electrons. The summed E-state index contributed by atoms with van der Waals surface area (Å²) in [6, 6.07) is 0. The van der Waals surface area contributed by atoms with Gasteiger partial charge in [-0.1, -0.05) is 115 Å². The predicted octanol–water partition coefficient (Wildman–Crippen LogP) is 9.15. The molecule has 0 heterocycles. The third-order valence-corrected chi connectivity index (χ3v) is 5.27. The van der Waals surface area contributed by atoms with Crippen LogP contribution in [0.25, 0.3) is 0 Å². The topological polar surface area (TPSA) is 0 Å². The van der Waals surface area contributed by atoms with E-state index >= 15 is 0 Å². The smallest absolute Gasteiger partial charge is 0.0104 e. The molecule has 1 aliphatic carbocycles. The number of hydrogen-bond acceptors (Lipinski definition) is 0. The van der Waals surface area contributed by atoms with Gasteiger partial charge in [0.15, 0.2) is 0 Å². The van der Waals surface area contributed by atoms with Crippen LogP contribution in [0, 0.1) is 5.41 Å². The highest BCUT2D eigenvalue weighted by Gasteiger charge is 2.26. The Labute approximate surface area is 180 Å². The first-order valence-electron chi connectivity index (χ1n) is 10.8. The van der Waals surface area contributed by atoms with E-state index in [1.807, 2.05) is 19.1 Å². The van der Waals surface area contributed by atoms with Crippen molar-refractivity contribution >= 4 is 0 Å². The van der Waals surface area contributed by atoms with Gasteiger partial charge >= 0.3 is 0 Å². The molecule has 0 saturated heterocycles. The minimum atomic E-state index is 0.301. The Morgan fingerprint density at radius 3 is 1.90 bits per heavy atom. The van der Waals surface area contributed by atoms with Gasteiger partial charge in [0.25, 0.3) is 0 Å². The van der Waals surface area contributed by atoms with Crippen LogP contribution < -0.4 is 0 Å². The third kappa shape index (κ3) is 10.1. The molecule has 0 N–H and O–H groups in total. The van der Waals surface area contributed by atoms with E-state index in [1.165, 1.54) is 41.6 Å². The number of rotatable bonds is 8. The fourth-order valence-electron chi connectivity index (χ4n) is 3.48. The standard InChI is InChI=1S/C29H40/c1-8-9-10-15-24(2)16-11-12-17-25(3)18-13-19-26(4)21-22-28-27(5)20-14-23-29(28,6)7/h8-13,15-19,21-22H,14,20,23H2,1-7H3/b9-8-,12-11+,15-10+,18-13+,22-21+,24-16+,25-17+,26-19+. The molecule has 0 amide bonds. The van der Waals surface area contributed by atoms with Crippen molar-refractivity contribution in [2.75, 3.05) is 0 Å². The van der Waals surface area contributed by atoms with Crippen molar-refractivity contribution in [3.05, 3.63) is 107 Å². The maximum absolute atomic E-state index is 2.37. The zero-order valence-electron chi connectivity index (χ0n) is 19.6. The van der Waals surface area contributed by atoms with E-state index in [9.17, 15) is 0 Å². The average molecular weight is 389 g/mol. The zero-order chi connectivity index (χ0) is 21.7. The van der Waals surface area contributed by atoms with E-state index in [0.717, 1.165) is 0 Å². The Balaban J connectivity index is 2.66. The molecule has 0 aromatic rings. The average Bonchev–Trinajstić information content (AvgIpc) is 2.64. The minimum absolute atomic E-state index is 0.301. The summed E-state index contributed by atoms with van der Waals surface area (Å²) in [5.74, 6) is 0. The summed E-state index contributed by atoms with van der Waals surface area (Å²) in [6.45, 7) is 15.4. The Bertz CT molecular complexity index is 793. The van der Waals surface area contributed by atoms with Gasteiger partial charge in [-0.15, -0.1) is 0 Å². The summed E-state index contributed by atoms with van der Waals surface area (Å²) in [4.78, 5) is 0. The van der Waals surface area contributed by atoms with E-state index in [4.69, 9.17) is 0 Å². The summed E-state index contributed by atoms with van der Waals surface area (Å²) in [5.41, 5.74) is 7.11. The Morgan fingerprint density at radius 1 is 0.759 bits per heavy atom. The van der Waals surface area contributed by atoms with Crippen LogP contribution in [0.15, 0.2) is 107 Å². The fourth-order valence-corrected chi connectivity index (χ4v) is 3.48. The maximum Gasteiger partial charge on any atom is -0.0104 e. The largest absolute Gasteiger partial charge is 0.0877 e. The second-order valence-electron chi connectivity index (χ2n) is 8.63. The van der Waals surface area contributed by atoms with Crippen LogP contribution in [-0.2, 0) is 0 Å². The van der Waals surface area contributed by atoms with Gasteiger partial charge in [0, 0.05) is 0 Å². The highest BCUT2D eigenvalue weighted by molar-refractivity contribution is 5.37. The molecule has 1 rings (SSSR count). The van der Waals surface area contributed by atoms with Crippen LogP contribution in [0.4, 0.5) is 0 Å². The second-order valence-corrected chi connectivity index (χ2v) is 8.63. The molecule has 0 fully saturated rings. The molecule has 0 aromatic carbocycles. The van der Waals surface area contributed by atoms with Gasteiger partial charge in [-0.2, -0.15) is 0 Å². The minimum Gasteiger partial charge on any atom is -0.0877 e. The van der Waals surface area contributed by atoms with Crippen molar-refractivity contribution in [3.63, 3.8) is 0 Å². The van der Waals surface area contributed by atoms with Gasteiger partial charge in [-0.3, -0.25) is 0 Å². The maximum atomic E-state index is 2.37. The summed E-state index contributed by atoms with van der Waals surface area (Å²) in [5, 5.41) is 0. The van der Waals surface area contributed by atoms with Crippen LogP contribution >= 0.6 is 0 Å². The van der Waals surface area contributed by atoms with Crippen molar-refractivity contribution in [2.24, 2.45) is 5.41 Å². The summed E-state index contributed by atoms with van der Waals surface area (Å²) in [7, 11) is 0. The van der Waals surface area contributed by atoms with E-state index < -0.39 is 0 Å². The van der Waals surface area contributed by atoms with Crippen LogP contribution in [0.3, 0.4) is 0 Å². The summed E-state index contributed by atoms with van der Waals surface area (Å²) in [6.07, 6.45) is 31.5. The van der Waals surface area contributed by atoms with Crippen LogP contribution in [0.2, 0.25) is 0 Å². The van der Waals surface area contributed by atoms with Gasteiger partial charge in [0.1, 0.15) is 0 Å². The Kier molecular flexibility index (Phi) is 11.1. The molecule has 0 heteroatoms. The van der Waals surface area contributed by atoms with E-state index in [2.05, 4.69) is 108 Å².